The number of hydrogen-bond donors (Lipinski definition) is 1. The van der Waals surface area contributed by atoms with Crippen molar-refractivity contribution in [3.8, 4) is 11.4 Å². The Labute approximate surface area is 93.7 Å². The van der Waals surface area contributed by atoms with Crippen molar-refractivity contribution in [1.82, 2.24) is 10.1 Å². The second-order valence-electron chi connectivity index (χ2n) is 3.21. The van der Waals surface area contributed by atoms with E-state index in [9.17, 15) is 13.2 Å². The van der Waals surface area contributed by atoms with E-state index in [-0.39, 0.29) is 17.3 Å². The van der Waals surface area contributed by atoms with Crippen molar-refractivity contribution < 1.29 is 22.8 Å². The third kappa shape index (κ3) is 2.28. The van der Waals surface area contributed by atoms with Gasteiger partial charge in [0.2, 0.25) is 5.82 Å². The Morgan fingerprint density at radius 1 is 1.24 bits per heavy atom. The smallest absolute Gasteiger partial charge is 0.387 e. The first-order valence-corrected chi connectivity index (χ1v) is 4.62. The molecule has 90 valence electrons. The SMILES string of the molecule is OCc1nc(-c2ccccc2C(F)(F)F)no1. The molecule has 0 unspecified atom stereocenters. The Balaban J connectivity index is 2.52. The van der Waals surface area contributed by atoms with Crippen LogP contribution in [0.4, 0.5) is 13.2 Å². The highest BCUT2D eigenvalue weighted by atomic mass is 19.4. The fourth-order valence-corrected chi connectivity index (χ4v) is 1.35. The summed E-state index contributed by atoms with van der Waals surface area (Å²) in [7, 11) is 0. The average molecular weight is 244 g/mol. The summed E-state index contributed by atoms with van der Waals surface area (Å²) in [6, 6.07) is 4.90. The van der Waals surface area contributed by atoms with Crippen LogP contribution < -0.4 is 0 Å². The van der Waals surface area contributed by atoms with Gasteiger partial charge in [0, 0.05) is 5.56 Å². The van der Waals surface area contributed by atoms with E-state index in [0.717, 1.165) is 6.07 Å². The van der Waals surface area contributed by atoms with Gasteiger partial charge in [-0.05, 0) is 6.07 Å². The second-order valence-corrected chi connectivity index (χ2v) is 3.21. The molecular weight excluding hydrogens is 237 g/mol. The lowest BCUT2D eigenvalue weighted by Crippen LogP contribution is -2.07. The zero-order chi connectivity index (χ0) is 12.5. The maximum absolute atomic E-state index is 12.7. The molecule has 1 aromatic carbocycles. The number of alkyl halides is 3. The highest BCUT2D eigenvalue weighted by Gasteiger charge is 2.34. The highest BCUT2D eigenvalue weighted by Crippen LogP contribution is 2.35. The van der Waals surface area contributed by atoms with Gasteiger partial charge in [0.1, 0.15) is 6.61 Å². The second kappa shape index (κ2) is 4.17. The minimum Gasteiger partial charge on any atom is -0.387 e. The third-order valence-electron chi connectivity index (χ3n) is 2.08. The summed E-state index contributed by atoms with van der Waals surface area (Å²) in [5.41, 5.74) is -1.02. The predicted octanol–water partition coefficient (Wildman–Crippen LogP) is 2.25. The molecular formula is C10H7F3N2O2. The molecule has 0 aliphatic carbocycles. The van der Waals surface area contributed by atoms with Gasteiger partial charge in [-0.15, -0.1) is 0 Å². The molecule has 17 heavy (non-hydrogen) atoms. The first kappa shape index (κ1) is 11.6. The Morgan fingerprint density at radius 3 is 2.53 bits per heavy atom. The van der Waals surface area contributed by atoms with Crippen LogP contribution in [0.1, 0.15) is 11.5 Å². The van der Waals surface area contributed by atoms with Crippen LogP contribution >= 0.6 is 0 Å². The lowest BCUT2D eigenvalue weighted by Gasteiger charge is -2.09. The number of hydrogen-bond acceptors (Lipinski definition) is 4. The van der Waals surface area contributed by atoms with Crippen molar-refractivity contribution in [1.29, 1.82) is 0 Å². The maximum atomic E-state index is 12.7. The van der Waals surface area contributed by atoms with Gasteiger partial charge in [0.25, 0.3) is 5.89 Å². The van der Waals surface area contributed by atoms with Crippen LogP contribution in [0.5, 0.6) is 0 Å². The molecule has 4 nitrogen and oxygen atoms in total. The number of nitrogens with zero attached hydrogens (tertiary/aromatic N) is 2. The summed E-state index contributed by atoms with van der Waals surface area (Å²) in [6.45, 7) is -0.513. The van der Waals surface area contributed by atoms with E-state index in [2.05, 4.69) is 14.7 Å². The average Bonchev–Trinajstić information content (AvgIpc) is 2.76. The standard InChI is InChI=1S/C10H7F3N2O2/c11-10(12,13)7-4-2-1-3-6(7)9-14-8(5-16)17-15-9/h1-4,16H,5H2. The summed E-state index contributed by atoms with van der Waals surface area (Å²) in [4.78, 5) is 3.65. The van der Waals surface area contributed by atoms with Crippen molar-refractivity contribution in [3.05, 3.63) is 35.7 Å². The van der Waals surface area contributed by atoms with E-state index in [0.29, 0.717) is 0 Å². The van der Waals surface area contributed by atoms with Gasteiger partial charge in [-0.1, -0.05) is 23.4 Å². The van der Waals surface area contributed by atoms with Gasteiger partial charge in [-0.3, -0.25) is 0 Å². The first-order chi connectivity index (χ1) is 8.02. The molecule has 0 bridgehead atoms. The minimum absolute atomic E-state index is 0.128. The lowest BCUT2D eigenvalue weighted by atomic mass is 10.1. The summed E-state index contributed by atoms with van der Waals surface area (Å²) in [5.74, 6) is -0.320. The summed E-state index contributed by atoms with van der Waals surface area (Å²) >= 11 is 0. The zero-order valence-corrected chi connectivity index (χ0v) is 8.40. The van der Waals surface area contributed by atoms with Crippen molar-refractivity contribution in [2.45, 2.75) is 12.8 Å². The molecule has 2 rings (SSSR count). The molecule has 1 N–H and O–H groups in total. The normalized spacial score (nSPS) is 11.8. The molecule has 7 heteroatoms. The van der Waals surface area contributed by atoms with E-state index in [1.807, 2.05) is 0 Å². The minimum atomic E-state index is -4.49. The van der Waals surface area contributed by atoms with Crippen molar-refractivity contribution >= 4 is 0 Å². The fraction of sp³-hybridized carbons (Fsp3) is 0.200. The largest absolute Gasteiger partial charge is 0.417 e. The number of benzene rings is 1. The lowest BCUT2D eigenvalue weighted by molar-refractivity contribution is -0.137. The molecule has 0 spiro atoms. The molecule has 0 saturated heterocycles. The van der Waals surface area contributed by atoms with E-state index in [4.69, 9.17) is 5.11 Å². The molecule has 2 aromatic rings. The van der Waals surface area contributed by atoms with E-state index in [1.54, 1.807) is 0 Å². The Bertz CT molecular complexity index is 522. The van der Waals surface area contributed by atoms with Crippen LogP contribution in [0.3, 0.4) is 0 Å². The summed E-state index contributed by atoms with van der Waals surface area (Å²) in [5, 5.41) is 12.1. The van der Waals surface area contributed by atoms with E-state index >= 15 is 0 Å². The number of rotatable bonds is 2. The van der Waals surface area contributed by atoms with Crippen LogP contribution in [-0.4, -0.2) is 15.2 Å². The summed E-state index contributed by atoms with van der Waals surface area (Å²) in [6.07, 6.45) is -4.49. The van der Waals surface area contributed by atoms with Crippen LogP contribution in [-0.2, 0) is 12.8 Å². The number of aliphatic hydroxyl groups excluding tert-OH is 1. The molecule has 0 amide bonds. The van der Waals surface area contributed by atoms with Crippen molar-refractivity contribution in [2.24, 2.45) is 0 Å². The molecule has 0 aliphatic rings. The van der Waals surface area contributed by atoms with Crippen LogP contribution in [0.25, 0.3) is 11.4 Å². The third-order valence-corrected chi connectivity index (χ3v) is 2.08. The monoisotopic (exact) mass is 244 g/mol. The van der Waals surface area contributed by atoms with Gasteiger partial charge < -0.3 is 9.63 Å². The predicted molar refractivity (Wildman–Crippen MR) is 50.7 cm³/mol. The molecule has 1 heterocycles. The Kier molecular flexibility index (Phi) is 2.84. The summed E-state index contributed by atoms with van der Waals surface area (Å²) < 4.78 is 42.6. The zero-order valence-electron chi connectivity index (χ0n) is 8.40. The molecule has 0 aliphatic heterocycles. The molecule has 1 aromatic heterocycles. The number of aromatic nitrogens is 2. The first-order valence-electron chi connectivity index (χ1n) is 4.62. The van der Waals surface area contributed by atoms with Crippen molar-refractivity contribution in [2.75, 3.05) is 0 Å². The quantitative estimate of drug-likeness (QED) is 0.880. The highest BCUT2D eigenvalue weighted by molar-refractivity contribution is 5.60. The van der Waals surface area contributed by atoms with Gasteiger partial charge in [0.05, 0.1) is 5.56 Å². The number of aliphatic hydroxyl groups is 1. The maximum Gasteiger partial charge on any atom is 0.417 e. The van der Waals surface area contributed by atoms with Crippen LogP contribution in [0.15, 0.2) is 28.8 Å². The Morgan fingerprint density at radius 2 is 1.94 bits per heavy atom. The number of halogens is 3. The molecule has 0 radical (unpaired) electrons. The molecule has 0 saturated carbocycles. The van der Waals surface area contributed by atoms with Crippen molar-refractivity contribution in [3.63, 3.8) is 0 Å². The molecule has 0 fully saturated rings. The van der Waals surface area contributed by atoms with Crippen LogP contribution in [0.2, 0.25) is 0 Å². The van der Waals surface area contributed by atoms with Gasteiger partial charge in [-0.2, -0.15) is 18.2 Å². The fourth-order valence-electron chi connectivity index (χ4n) is 1.35. The van der Waals surface area contributed by atoms with E-state index in [1.165, 1.54) is 18.2 Å². The van der Waals surface area contributed by atoms with Gasteiger partial charge in [-0.25, -0.2) is 0 Å². The Hall–Kier alpha value is -1.89. The molecule has 0 atom stereocenters. The van der Waals surface area contributed by atoms with Gasteiger partial charge >= 0.3 is 6.18 Å². The topological polar surface area (TPSA) is 59.2 Å². The van der Waals surface area contributed by atoms with Gasteiger partial charge in [0.15, 0.2) is 0 Å². The van der Waals surface area contributed by atoms with E-state index < -0.39 is 18.3 Å². The van der Waals surface area contributed by atoms with Crippen LogP contribution in [0, 0.1) is 0 Å².